The molecule has 0 N–H and O–H groups in total. The minimum Gasteiger partial charge on any atom is -0.493 e. The number of benzene rings is 3. The van der Waals surface area contributed by atoms with Gasteiger partial charge in [0, 0.05) is 18.7 Å². The third-order valence-electron chi connectivity index (χ3n) is 5.89. The molecule has 0 spiro atoms. The first-order valence-corrected chi connectivity index (χ1v) is 11.0. The molecule has 0 bridgehead atoms. The lowest BCUT2D eigenvalue weighted by Crippen LogP contribution is -2.37. The third kappa shape index (κ3) is 4.73. The van der Waals surface area contributed by atoms with E-state index in [0.717, 1.165) is 23.1 Å². The maximum Gasteiger partial charge on any atom is 0.254 e. The van der Waals surface area contributed by atoms with Crippen LogP contribution in [0.3, 0.4) is 0 Å². The Kier molecular flexibility index (Phi) is 7.11. The predicted molar refractivity (Wildman–Crippen MR) is 128 cm³/mol. The van der Waals surface area contributed by atoms with E-state index >= 15 is 0 Å². The summed E-state index contributed by atoms with van der Waals surface area (Å²) in [6.07, 6.45) is 0.719. The van der Waals surface area contributed by atoms with E-state index in [1.165, 1.54) is 0 Å². The van der Waals surface area contributed by atoms with Crippen molar-refractivity contribution in [2.75, 3.05) is 35.0 Å². The van der Waals surface area contributed by atoms with Crippen molar-refractivity contribution in [3.63, 3.8) is 0 Å². The highest BCUT2D eigenvalue weighted by atomic mass is 16.5. The second-order valence-corrected chi connectivity index (χ2v) is 7.94. The highest BCUT2D eigenvalue weighted by Gasteiger charge is 2.27. The lowest BCUT2D eigenvalue weighted by atomic mass is 9.97. The Morgan fingerprint density at radius 2 is 1.44 bits per heavy atom. The maximum atomic E-state index is 13.4. The average Bonchev–Trinajstić information content (AvgIpc) is 2.88. The molecule has 0 saturated heterocycles. The number of carbonyl (C=O) groups is 1. The van der Waals surface area contributed by atoms with Crippen LogP contribution in [0.1, 0.15) is 27.0 Å². The molecule has 7 heteroatoms. The van der Waals surface area contributed by atoms with E-state index in [1.807, 2.05) is 53.4 Å². The quantitative estimate of drug-likeness (QED) is 0.466. The SMILES string of the molecule is COc1cc2c(cc1OCc1ccccc1)CCN(Cc1cc(OC)c(OC)c(OC)c1)C2=O. The number of nitrogens with zero attached hydrogens (tertiary/aromatic N) is 1. The van der Waals surface area contributed by atoms with Crippen molar-refractivity contribution in [1.82, 2.24) is 4.90 Å². The van der Waals surface area contributed by atoms with Crippen LogP contribution >= 0.6 is 0 Å². The van der Waals surface area contributed by atoms with Gasteiger partial charge < -0.3 is 28.6 Å². The van der Waals surface area contributed by atoms with E-state index in [-0.39, 0.29) is 5.91 Å². The summed E-state index contributed by atoms with van der Waals surface area (Å²) in [6.45, 7) is 1.44. The number of rotatable bonds is 9. The normalized spacial score (nSPS) is 12.7. The Morgan fingerprint density at radius 1 is 0.765 bits per heavy atom. The van der Waals surface area contributed by atoms with Gasteiger partial charge in [0.2, 0.25) is 5.75 Å². The zero-order valence-electron chi connectivity index (χ0n) is 19.9. The van der Waals surface area contributed by atoms with Crippen molar-refractivity contribution >= 4 is 5.91 Å². The van der Waals surface area contributed by atoms with Crippen LogP contribution < -0.4 is 23.7 Å². The fourth-order valence-electron chi connectivity index (χ4n) is 4.14. The zero-order valence-corrected chi connectivity index (χ0v) is 19.9. The molecule has 0 saturated carbocycles. The minimum atomic E-state index is -0.0529. The van der Waals surface area contributed by atoms with Crippen molar-refractivity contribution < 1.29 is 28.5 Å². The fraction of sp³-hybridized carbons (Fsp3) is 0.296. The molecule has 0 fully saturated rings. The first-order chi connectivity index (χ1) is 16.6. The second kappa shape index (κ2) is 10.4. The van der Waals surface area contributed by atoms with E-state index in [1.54, 1.807) is 34.5 Å². The molecule has 178 valence electrons. The molecule has 3 aromatic rings. The van der Waals surface area contributed by atoms with Crippen LogP contribution in [0.5, 0.6) is 28.7 Å². The Balaban J connectivity index is 1.55. The van der Waals surface area contributed by atoms with Gasteiger partial charge >= 0.3 is 0 Å². The molecule has 3 aromatic carbocycles. The molecule has 0 unspecified atom stereocenters. The van der Waals surface area contributed by atoms with Crippen molar-refractivity contribution in [1.29, 1.82) is 0 Å². The average molecular weight is 464 g/mol. The molecule has 34 heavy (non-hydrogen) atoms. The molecular formula is C27H29NO6. The smallest absolute Gasteiger partial charge is 0.254 e. The van der Waals surface area contributed by atoms with Crippen molar-refractivity contribution in [2.24, 2.45) is 0 Å². The molecule has 0 aromatic heterocycles. The standard InChI is InChI=1S/C27H29NO6/c1-30-22-15-21-20(14-23(22)34-17-18-8-6-5-7-9-18)10-11-28(27(21)29)16-19-12-24(31-2)26(33-4)25(13-19)32-3/h5-9,12-15H,10-11,16-17H2,1-4H3. The van der Waals surface area contributed by atoms with Crippen LogP contribution in [0, 0.1) is 0 Å². The Morgan fingerprint density at radius 3 is 2.06 bits per heavy atom. The van der Waals surface area contributed by atoms with E-state index in [2.05, 4.69) is 0 Å². The second-order valence-electron chi connectivity index (χ2n) is 7.94. The maximum absolute atomic E-state index is 13.4. The predicted octanol–water partition coefficient (Wildman–Crippen LogP) is 4.50. The topological polar surface area (TPSA) is 66.5 Å². The van der Waals surface area contributed by atoms with Crippen molar-refractivity contribution in [3.8, 4) is 28.7 Å². The zero-order chi connectivity index (χ0) is 24.1. The monoisotopic (exact) mass is 463 g/mol. The van der Waals surface area contributed by atoms with Crippen molar-refractivity contribution in [3.05, 3.63) is 76.9 Å². The molecule has 1 aliphatic rings. The highest BCUT2D eigenvalue weighted by molar-refractivity contribution is 5.97. The first kappa shape index (κ1) is 23.3. The summed E-state index contributed by atoms with van der Waals surface area (Å²) in [5.74, 6) is 2.76. The van der Waals surface area contributed by atoms with Gasteiger partial charge in [0.25, 0.3) is 5.91 Å². The summed E-state index contributed by atoms with van der Waals surface area (Å²) in [4.78, 5) is 15.2. The molecular weight excluding hydrogens is 434 g/mol. The van der Waals surface area contributed by atoms with Gasteiger partial charge in [0.15, 0.2) is 23.0 Å². The Labute approximate surface area is 199 Å². The summed E-state index contributed by atoms with van der Waals surface area (Å²) < 4.78 is 27.9. The lowest BCUT2D eigenvalue weighted by Gasteiger charge is -2.30. The van der Waals surface area contributed by atoms with E-state index in [4.69, 9.17) is 23.7 Å². The molecule has 1 aliphatic heterocycles. The summed E-state index contributed by atoms with van der Waals surface area (Å²) >= 11 is 0. The van der Waals surface area contributed by atoms with Crippen LogP contribution in [-0.4, -0.2) is 45.8 Å². The Hall–Kier alpha value is -3.87. The molecule has 1 amide bonds. The van der Waals surface area contributed by atoms with Gasteiger partial charge in [-0.2, -0.15) is 0 Å². The van der Waals surface area contributed by atoms with Gasteiger partial charge in [-0.1, -0.05) is 30.3 Å². The summed E-state index contributed by atoms with van der Waals surface area (Å²) in [5.41, 5.74) is 3.54. The number of methoxy groups -OCH3 is 4. The van der Waals surface area contributed by atoms with Crippen LogP contribution in [0.15, 0.2) is 54.6 Å². The van der Waals surface area contributed by atoms with Gasteiger partial charge in [-0.15, -0.1) is 0 Å². The van der Waals surface area contributed by atoms with E-state index in [9.17, 15) is 4.79 Å². The molecule has 0 atom stereocenters. The van der Waals surface area contributed by atoms with Crippen LogP contribution in [0.25, 0.3) is 0 Å². The van der Waals surface area contributed by atoms with E-state index in [0.29, 0.717) is 54.0 Å². The highest BCUT2D eigenvalue weighted by Crippen LogP contribution is 2.39. The van der Waals surface area contributed by atoms with Gasteiger partial charge in [-0.3, -0.25) is 4.79 Å². The van der Waals surface area contributed by atoms with Crippen LogP contribution in [0.4, 0.5) is 0 Å². The third-order valence-corrected chi connectivity index (χ3v) is 5.89. The summed E-state index contributed by atoms with van der Waals surface area (Å²) in [6, 6.07) is 17.4. The van der Waals surface area contributed by atoms with Crippen LogP contribution in [0.2, 0.25) is 0 Å². The first-order valence-electron chi connectivity index (χ1n) is 11.0. The number of hydrogen-bond acceptors (Lipinski definition) is 6. The summed E-state index contributed by atoms with van der Waals surface area (Å²) in [5, 5.41) is 0. The van der Waals surface area contributed by atoms with Crippen LogP contribution in [-0.2, 0) is 19.6 Å². The van der Waals surface area contributed by atoms with Gasteiger partial charge in [-0.25, -0.2) is 0 Å². The van der Waals surface area contributed by atoms with Gasteiger partial charge in [0.05, 0.1) is 28.4 Å². The lowest BCUT2D eigenvalue weighted by molar-refractivity contribution is 0.0726. The number of carbonyl (C=O) groups excluding carboxylic acids is 1. The fourth-order valence-corrected chi connectivity index (χ4v) is 4.14. The molecule has 1 heterocycles. The van der Waals surface area contributed by atoms with E-state index < -0.39 is 0 Å². The Bertz CT molecular complexity index is 1140. The molecule has 0 radical (unpaired) electrons. The van der Waals surface area contributed by atoms with Crippen molar-refractivity contribution in [2.45, 2.75) is 19.6 Å². The molecule has 0 aliphatic carbocycles. The number of amides is 1. The minimum absolute atomic E-state index is 0.0529. The van der Waals surface area contributed by atoms with Gasteiger partial charge in [-0.05, 0) is 47.4 Å². The largest absolute Gasteiger partial charge is 0.493 e. The summed E-state index contributed by atoms with van der Waals surface area (Å²) in [7, 11) is 6.30. The number of hydrogen-bond donors (Lipinski definition) is 0. The molecule has 4 rings (SSSR count). The van der Waals surface area contributed by atoms with Gasteiger partial charge in [0.1, 0.15) is 6.61 Å². The number of fused-ring (bicyclic) bond motifs is 1. The molecule has 7 nitrogen and oxygen atoms in total. The number of ether oxygens (including phenoxy) is 5.